The number of unbranched alkanes of at least 4 members (excludes halogenated alkanes) is 1. The summed E-state index contributed by atoms with van der Waals surface area (Å²) in [5.74, 6) is 1.87. The van der Waals surface area contributed by atoms with Gasteiger partial charge in [-0.05, 0) is 25.0 Å². The average molecular weight is 402 g/mol. The summed E-state index contributed by atoms with van der Waals surface area (Å²) in [7, 11) is 3.18. The molecule has 2 rings (SSSR count). The van der Waals surface area contributed by atoms with Crippen LogP contribution >= 0.6 is 11.8 Å². The first-order valence-electron chi connectivity index (χ1n) is 9.75. The Bertz CT molecular complexity index is 779. The summed E-state index contributed by atoms with van der Waals surface area (Å²) in [6, 6.07) is 12.9. The van der Waals surface area contributed by atoms with Crippen LogP contribution in [0.1, 0.15) is 55.5 Å². The van der Waals surface area contributed by atoms with Crippen LogP contribution in [0.2, 0.25) is 0 Å². The van der Waals surface area contributed by atoms with Crippen LogP contribution < -0.4 is 15.2 Å². The first kappa shape index (κ1) is 22.3. The highest BCUT2D eigenvalue weighted by Crippen LogP contribution is 2.38. The molecule has 1 atom stereocenters. The third kappa shape index (κ3) is 5.52. The van der Waals surface area contributed by atoms with Crippen molar-refractivity contribution >= 4 is 17.5 Å². The molecule has 5 heteroatoms. The van der Waals surface area contributed by atoms with Crippen molar-refractivity contribution in [3.8, 4) is 11.5 Å². The molecule has 2 aromatic rings. The van der Waals surface area contributed by atoms with Crippen LogP contribution in [0.25, 0.3) is 0 Å². The molecule has 0 heterocycles. The molecule has 0 spiro atoms. The van der Waals surface area contributed by atoms with Crippen molar-refractivity contribution in [2.75, 3.05) is 20.0 Å². The molecule has 152 valence electrons. The number of hydrogen-bond acceptors (Lipinski definition) is 5. The molecule has 0 radical (unpaired) electrons. The van der Waals surface area contributed by atoms with Crippen LogP contribution in [0.4, 0.5) is 0 Å². The second kappa shape index (κ2) is 10.5. The average Bonchev–Trinajstić information content (AvgIpc) is 2.75. The van der Waals surface area contributed by atoms with Crippen molar-refractivity contribution in [2.45, 2.75) is 50.0 Å². The first-order valence-corrected chi connectivity index (χ1v) is 10.7. The molecule has 2 aromatic carbocycles. The van der Waals surface area contributed by atoms with Gasteiger partial charge in [0.2, 0.25) is 0 Å². The van der Waals surface area contributed by atoms with E-state index in [0.29, 0.717) is 22.6 Å². The van der Waals surface area contributed by atoms with Crippen molar-refractivity contribution in [1.82, 2.24) is 0 Å². The van der Waals surface area contributed by atoms with Gasteiger partial charge in [-0.1, -0.05) is 57.0 Å². The molecule has 0 saturated carbocycles. The minimum atomic E-state index is -0.249. The monoisotopic (exact) mass is 401 g/mol. The number of ketones is 1. The lowest BCUT2D eigenvalue weighted by Crippen LogP contribution is -2.41. The number of nitrogens with two attached hydrogens (primary N) is 1. The summed E-state index contributed by atoms with van der Waals surface area (Å²) in [5.41, 5.74) is 7.65. The largest absolute Gasteiger partial charge is 0.493 e. The third-order valence-corrected chi connectivity index (χ3v) is 6.38. The number of hydrogen-bond donors (Lipinski definition) is 1. The fourth-order valence-corrected chi connectivity index (χ4v) is 4.29. The number of ether oxygens (including phenoxy) is 2. The molecule has 28 heavy (non-hydrogen) atoms. The lowest BCUT2D eigenvalue weighted by atomic mass is 9.93. The summed E-state index contributed by atoms with van der Waals surface area (Å²) in [5, 5.41) is 0. The molecule has 2 N–H and O–H groups in total. The molecular formula is C23H31NO3S. The third-order valence-electron chi connectivity index (χ3n) is 5.01. The van der Waals surface area contributed by atoms with Crippen LogP contribution in [0.3, 0.4) is 0 Å². The van der Waals surface area contributed by atoms with Gasteiger partial charge in [0.15, 0.2) is 17.3 Å². The summed E-state index contributed by atoms with van der Waals surface area (Å²) in [4.78, 5) is 14.0. The van der Waals surface area contributed by atoms with Crippen molar-refractivity contribution in [1.29, 1.82) is 0 Å². The molecule has 0 unspecified atom stereocenters. The van der Waals surface area contributed by atoms with Gasteiger partial charge in [-0.3, -0.25) is 4.79 Å². The van der Waals surface area contributed by atoms with Crippen molar-refractivity contribution in [3.63, 3.8) is 0 Å². The number of carbonyl (C=O) groups is 1. The van der Waals surface area contributed by atoms with E-state index in [0.717, 1.165) is 36.3 Å². The van der Waals surface area contributed by atoms with E-state index in [4.69, 9.17) is 15.2 Å². The van der Waals surface area contributed by atoms with Gasteiger partial charge in [0, 0.05) is 27.3 Å². The van der Waals surface area contributed by atoms with E-state index in [-0.39, 0.29) is 11.3 Å². The maximum absolute atomic E-state index is 13.2. The Balaban J connectivity index is 2.39. The Hall–Kier alpha value is -1.98. The summed E-state index contributed by atoms with van der Waals surface area (Å²) >= 11 is 1.62. The molecule has 0 bridgehead atoms. The van der Waals surface area contributed by atoms with Gasteiger partial charge in [0.1, 0.15) is 0 Å². The second-order valence-corrected chi connectivity index (χ2v) is 8.02. The number of carbonyl (C=O) groups excluding carboxylic acids is 1. The summed E-state index contributed by atoms with van der Waals surface area (Å²) in [6.45, 7) is 4.30. The fourth-order valence-electron chi connectivity index (χ4n) is 3.00. The quantitative estimate of drug-likeness (QED) is 0.408. The maximum atomic E-state index is 13.2. The molecule has 0 aromatic heterocycles. The van der Waals surface area contributed by atoms with Gasteiger partial charge < -0.3 is 15.2 Å². The van der Waals surface area contributed by atoms with Crippen molar-refractivity contribution in [3.05, 3.63) is 53.6 Å². The van der Waals surface area contributed by atoms with E-state index >= 15 is 0 Å². The van der Waals surface area contributed by atoms with Crippen molar-refractivity contribution in [2.24, 2.45) is 5.73 Å². The fraction of sp³-hybridized carbons (Fsp3) is 0.435. The Morgan fingerprint density at radius 1 is 1.07 bits per heavy atom. The van der Waals surface area contributed by atoms with Gasteiger partial charge in [-0.2, -0.15) is 0 Å². The number of methoxy groups -OCH3 is 2. The summed E-state index contributed by atoms with van der Waals surface area (Å²) < 4.78 is 10.9. The number of benzene rings is 2. The van der Waals surface area contributed by atoms with Gasteiger partial charge in [-0.25, -0.2) is 0 Å². The highest BCUT2D eigenvalue weighted by Gasteiger charge is 2.25. The zero-order valence-corrected chi connectivity index (χ0v) is 18.1. The number of rotatable bonds is 11. The molecule has 0 aliphatic rings. The zero-order valence-electron chi connectivity index (χ0n) is 17.3. The Kier molecular flexibility index (Phi) is 8.39. The topological polar surface area (TPSA) is 61.6 Å². The molecule has 4 nitrogen and oxygen atoms in total. The van der Waals surface area contributed by atoms with Gasteiger partial charge >= 0.3 is 0 Å². The Morgan fingerprint density at radius 2 is 1.71 bits per heavy atom. The molecule has 0 fully saturated rings. The Morgan fingerprint density at radius 3 is 2.29 bits per heavy atom. The summed E-state index contributed by atoms with van der Waals surface area (Å²) in [6.07, 6.45) is 4.10. The minimum absolute atomic E-state index is 0.0308. The molecule has 0 aliphatic heterocycles. The second-order valence-electron chi connectivity index (χ2n) is 7.01. The lowest BCUT2D eigenvalue weighted by Gasteiger charge is -2.28. The minimum Gasteiger partial charge on any atom is -0.493 e. The standard InChI is InChI=1S/C23H31NO3S/c1-5-7-13-23(24,6-2)16-28-21-15-20(27-4)19(26-3)14-18(21)22(25)17-11-9-8-10-12-17/h8-12,14-15H,5-7,13,16,24H2,1-4H3/t23-/m1/s1. The van der Waals surface area contributed by atoms with Crippen molar-refractivity contribution < 1.29 is 14.3 Å². The molecule has 0 aliphatic carbocycles. The van der Waals surface area contributed by atoms with Crippen LogP contribution in [0.5, 0.6) is 11.5 Å². The SMILES string of the molecule is CCCC[C@](N)(CC)CSc1cc(OC)c(OC)cc1C(=O)c1ccccc1. The molecule has 0 saturated heterocycles. The van der Waals surface area contributed by atoms with Gasteiger partial charge in [0.05, 0.1) is 14.2 Å². The smallest absolute Gasteiger partial charge is 0.194 e. The predicted molar refractivity (Wildman–Crippen MR) is 117 cm³/mol. The van der Waals surface area contributed by atoms with Crippen LogP contribution in [0, 0.1) is 0 Å². The van der Waals surface area contributed by atoms with Gasteiger partial charge in [0.25, 0.3) is 0 Å². The van der Waals surface area contributed by atoms with E-state index in [1.165, 1.54) is 0 Å². The van der Waals surface area contributed by atoms with Crippen LogP contribution in [-0.4, -0.2) is 31.3 Å². The normalized spacial score (nSPS) is 13.0. The first-order chi connectivity index (χ1) is 13.5. The van der Waals surface area contributed by atoms with E-state index in [9.17, 15) is 4.79 Å². The molecular weight excluding hydrogens is 370 g/mol. The van der Waals surface area contributed by atoms with Crippen LogP contribution in [-0.2, 0) is 0 Å². The highest BCUT2D eigenvalue weighted by molar-refractivity contribution is 7.99. The van der Waals surface area contributed by atoms with E-state index in [1.54, 1.807) is 32.0 Å². The Labute approximate surface area is 172 Å². The predicted octanol–water partition coefficient (Wildman–Crippen LogP) is 5.32. The number of thioether (sulfide) groups is 1. The van der Waals surface area contributed by atoms with E-state index < -0.39 is 0 Å². The van der Waals surface area contributed by atoms with Crippen LogP contribution in [0.15, 0.2) is 47.4 Å². The maximum Gasteiger partial charge on any atom is 0.194 e. The lowest BCUT2D eigenvalue weighted by molar-refractivity contribution is 0.103. The molecule has 0 amide bonds. The van der Waals surface area contributed by atoms with Gasteiger partial charge in [-0.15, -0.1) is 11.8 Å². The highest BCUT2D eigenvalue weighted by atomic mass is 32.2. The zero-order chi connectivity index (χ0) is 20.6. The van der Waals surface area contributed by atoms with E-state index in [1.807, 2.05) is 36.4 Å². The van der Waals surface area contributed by atoms with E-state index in [2.05, 4.69) is 13.8 Å².